The van der Waals surface area contributed by atoms with Crippen LogP contribution < -0.4 is 16.0 Å². The number of thiophene rings is 1. The summed E-state index contributed by atoms with van der Waals surface area (Å²) in [4.78, 5) is 37.5. The van der Waals surface area contributed by atoms with Gasteiger partial charge in [0.2, 0.25) is 0 Å². The minimum atomic E-state index is -0.869. The Morgan fingerprint density at radius 1 is 1.00 bits per heavy atom. The van der Waals surface area contributed by atoms with E-state index in [0.717, 1.165) is 4.88 Å². The molecule has 3 amide bonds. The molecule has 2 aromatic rings. The zero-order valence-corrected chi connectivity index (χ0v) is 16.9. The third-order valence-electron chi connectivity index (χ3n) is 3.93. The molecule has 0 aliphatic heterocycles. The Kier molecular flexibility index (Phi) is 8.01. The van der Waals surface area contributed by atoms with E-state index in [1.807, 2.05) is 30.5 Å². The van der Waals surface area contributed by atoms with Crippen molar-refractivity contribution < 1.29 is 19.1 Å². The summed E-state index contributed by atoms with van der Waals surface area (Å²) in [6, 6.07) is 11.2. The van der Waals surface area contributed by atoms with Gasteiger partial charge in [-0.1, -0.05) is 38.1 Å². The van der Waals surface area contributed by atoms with E-state index in [1.54, 1.807) is 38.1 Å². The van der Waals surface area contributed by atoms with Crippen LogP contribution in [0.25, 0.3) is 0 Å². The van der Waals surface area contributed by atoms with Crippen molar-refractivity contribution in [2.24, 2.45) is 5.92 Å². The fraction of sp³-hybridized carbons (Fsp3) is 0.350. The number of anilines is 1. The van der Waals surface area contributed by atoms with Crippen molar-refractivity contribution in [3.8, 4) is 0 Å². The second kappa shape index (κ2) is 10.5. The van der Waals surface area contributed by atoms with Crippen LogP contribution in [0.1, 0.15) is 31.7 Å². The predicted molar refractivity (Wildman–Crippen MR) is 109 cm³/mol. The van der Waals surface area contributed by atoms with E-state index >= 15 is 0 Å². The van der Waals surface area contributed by atoms with Gasteiger partial charge in [-0.3, -0.25) is 4.79 Å². The number of esters is 1. The van der Waals surface area contributed by atoms with Gasteiger partial charge < -0.3 is 20.7 Å². The highest BCUT2D eigenvalue weighted by Crippen LogP contribution is 2.17. The highest BCUT2D eigenvalue weighted by Gasteiger charge is 2.26. The predicted octanol–water partition coefficient (Wildman–Crippen LogP) is 3.31. The Morgan fingerprint density at radius 2 is 1.71 bits per heavy atom. The number of hydrogen-bond donors (Lipinski definition) is 3. The second-order valence-electron chi connectivity index (χ2n) is 6.60. The van der Waals surface area contributed by atoms with Crippen LogP contribution in [0.3, 0.4) is 0 Å². The molecule has 0 unspecified atom stereocenters. The molecule has 1 aromatic carbocycles. The maximum Gasteiger partial charge on any atom is 0.329 e. The summed E-state index contributed by atoms with van der Waals surface area (Å²) in [5, 5.41) is 9.95. The molecule has 0 aliphatic carbocycles. The Labute approximate surface area is 168 Å². The SMILES string of the molecule is CC(C)[C@H](NC(=O)Nc1ccccc1)C(=O)OCC(=O)N[C@@H](C)c1cccs1. The van der Waals surface area contributed by atoms with Gasteiger partial charge in [0.25, 0.3) is 5.91 Å². The zero-order chi connectivity index (χ0) is 20.5. The fourth-order valence-corrected chi connectivity index (χ4v) is 3.18. The molecule has 1 heterocycles. The lowest BCUT2D eigenvalue weighted by Gasteiger charge is -2.21. The summed E-state index contributed by atoms with van der Waals surface area (Å²) in [7, 11) is 0. The van der Waals surface area contributed by atoms with E-state index in [0.29, 0.717) is 5.69 Å². The molecule has 1 aromatic heterocycles. The van der Waals surface area contributed by atoms with Gasteiger partial charge in [0.05, 0.1) is 6.04 Å². The molecule has 28 heavy (non-hydrogen) atoms. The molecular formula is C20H25N3O4S. The first-order valence-corrected chi connectivity index (χ1v) is 9.86. The van der Waals surface area contributed by atoms with Crippen LogP contribution >= 0.6 is 11.3 Å². The second-order valence-corrected chi connectivity index (χ2v) is 7.58. The number of carbonyl (C=O) groups is 3. The van der Waals surface area contributed by atoms with Gasteiger partial charge in [-0.25, -0.2) is 9.59 Å². The van der Waals surface area contributed by atoms with E-state index in [4.69, 9.17) is 4.74 Å². The van der Waals surface area contributed by atoms with Gasteiger partial charge in [0.15, 0.2) is 6.61 Å². The van der Waals surface area contributed by atoms with Crippen LogP contribution in [0.2, 0.25) is 0 Å². The molecule has 0 fully saturated rings. The van der Waals surface area contributed by atoms with E-state index in [9.17, 15) is 14.4 Å². The van der Waals surface area contributed by atoms with Gasteiger partial charge >= 0.3 is 12.0 Å². The van der Waals surface area contributed by atoms with Gasteiger partial charge in [0.1, 0.15) is 6.04 Å². The summed E-state index contributed by atoms with van der Waals surface area (Å²) in [5.41, 5.74) is 0.609. The van der Waals surface area contributed by atoms with Gasteiger partial charge in [-0.2, -0.15) is 0 Å². The Morgan fingerprint density at radius 3 is 2.32 bits per heavy atom. The lowest BCUT2D eigenvalue weighted by molar-refractivity contribution is -0.151. The molecule has 0 aliphatic rings. The summed E-state index contributed by atoms with van der Waals surface area (Å²) in [5.74, 6) is -1.26. The topological polar surface area (TPSA) is 96.5 Å². The quantitative estimate of drug-likeness (QED) is 0.589. The number of carbonyl (C=O) groups excluding carboxylic acids is 3. The van der Waals surface area contributed by atoms with Crippen molar-refractivity contribution in [2.75, 3.05) is 11.9 Å². The first kappa shape index (κ1) is 21.4. The molecule has 2 rings (SSSR count). The van der Waals surface area contributed by atoms with Crippen LogP contribution in [0, 0.1) is 5.92 Å². The average Bonchev–Trinajstić information content (AvgIpc) is 3.19. The minimum absolute atomic E-state index is 0.165. The molecular weight excluding hydrogens is 378 g/mol. The van der Waals surface area contributed by atoms with Crippen molar-refractivity contribution in [3.63, 3.8) is 0 Å². The molecule has 3 N–H and O–H groups in total. The lowest BCUT2D eigenvalue weighted by Crippen LogP contribution is -2.47. The van der Waals surface area contributed by atoms with E-state index < -0.39 is 30.6 Å². The van der Waals surface area contributed by atoms with E-state index in [-0.39, 0.29) is 12.0 Å². The number of benzene rings is 1. The maximum atomic E-state index is 12.3. The van der Waals surface area contributed by atoms with Crippen LogP contribution in [0.5, 0.6) is 0 Å². The molecule has 0 radical (unpaired) electrons. The third-order valence-corrected chi connectivity index (χ3v) is 4.99. The van der Waals surface area contributed by atoms with Crippen LogP contribution in [-0.4, -0.2) is 30.6 Å². The molecule has 8 heteroatoms. The molecule has 0 saturated heterocycles. The third kappa shape index (κ3) is 6.70. The number of hydrogen-bond acceptors (Lipinski definition) is 5. The number of ether oxygens (including phenoxy) is 1. The zero-order valence-electron chi connectivity index (χ0n) is 16.1. The largest absolute Gasteiger partial charge is 0.454 e. The lowest BCUT2D eigenvalue weighted by atomic mass is 10.1. The summed E-state index contributed by atoms with van der Waals surface area (Å²) < 4.78 is 5.11. The average molecular weight is 404 g/mol. The standard InChI is InChI=1S/C20H25N3O4S/c1-13(2)18(23-20(26)22-15-8-5-4-6-9-15)19(25)27-12-17(24)21-14(3)16-10-7-11-28-16/h4-11,13-14,18H,12H2,1-3H3,(H,21,24)(H2,22,23,26)/t14-,18-/m0/s1. The summed E-state index contributed by atoms with van der Waals surface area (Å²) in [6.07, 6.45) is 0. The van der Waals surface area contributed by atoms with Gasteiger partial charge in [0, 0.05) is 10.6 Å². The summed E-state index contributed by atoms with van der Waals surface area (Å²) >= 11 is 1.54. The molecule has 0 spiro atoms. The normalized spacial score (nSPS) is 12.7. The van der Waals surface area contributed by atoms with E-state index in [2.05, 4.69) is 16.0 Å². The highest BCUT2D eigenvalue weighted by atomic mass is 32.1. The monoisotopic (exact) mass is 403 g/mol. The smallest absolute Gasteiger partial charge is 0.329 e. The van der Waals surface area contributed by atoms with Crippen molar-refractivity contribution in [2.45, 2.75) is 32.9 Å². The molecule has 7 nitrogen and oxygen atoms in total. The molecule has 2 atom stereocenters. The van der Waals surface area contributed by atoms with Crippen LogP contribution in [-0.2, 0) is 14.3 Å². The van der Waals surface area contributed by atoms with Gasteiger partial charge in [-0.05, 0) is 36.4 Å². The van der Waals surface area contributed by atoms with Crippen molar-refractivity contribution >= 4 is 34.9 Å². The van der Waals surface area contributed by atoms with Crippen LogP contribution in [0.4, 0.5) is 10.5 Å². The summed E-state index contributed by atoms with van der Waals surface area (Å²) in [6.45, 7) is 5.03. The molecule has 0 bridgehead atoms. The molecule has 0 saturated carbocycles. The van der Waals surface area contributed by atoms with Crippen LogP contribution in [0.15, 0.2) is 47.8 Å². The number of urea groups is 1. The number of amides is 3. The van der Waals surface area contributed by atoms with Crippen molar-refractivity contribution in [1.29, 1.82) is 0 Å². The van der Waals surface area contributed by atoms with Crippen molar-refractivity contribution in [1.82, 2.24) is 10.6 Å². The number of para-hydroxylation sites is 1. The maximum absolute atomic E-state index is 12.3. The number of nitrogens with one attached hydrogen (secondary N) is 3. The highest BCUT2D eigenvalue weighted by molar-refractivity contribution is 7.10. The Bertz CT molecular complexity index is 778. The van der Waals surface area contributed by atoms with Crippen molar-refractivity contribution in [3.05, 3.63) is 52.7 Å². The number of rotatable bonds is 8. The Hall–Kier alpha value is -2.87. The minimum Gasteiger partial charge on any atom is -0.454 e. The first-order chi connectivity index (χ1) is 13.4. The molecule has 150 valence electrons. The fourth-order valence-electron chi connectivity index (χ4n) is 2.45. The first-order valence-electron chi connectivity index (χ1n) is 8.98. The van der Waals surface area contributed by atoms with Gasteiger partial charge in [-0.15, -0.1) is 11.3 Å². The Balaban J connectivity index is 1.83. The van der Waals surface area contributed by atoms with E-state index in [1.165, 1.54) is 11.3 Å².